The highest BCUT2D eigenvalue weighted by Gasteiger charge is 2.25. The van der Waals surface area contributed by atoms with Crippen LogP contribution in [0.4, 0.5) is 0 Å². The van der Waals surface area contributed by atoms with Gasteiger partial charge in [-0.2, -0.15) is 5.10 Å². The molecule has 1 aromatic rings. The zero-order valence-electron chi connectivity index (χ0n) is 13.6. The quantitative estimate of drug-likeness (QED) is 0.850. The van der Waals surface area contributed by atoms with Gasteiger partial charge < -0.3 is 5.73 Å². The molecule has 120 valence electrons. The van der Waals surface area contributed by atoms with Crippen LogP contribution >= 0.6 is 15.9 Å². The maximum Gasteiger partial charge on any atom is 0.0767 e. The molecule has 2 rings (SSSR count). The number of nitrogens with two attached hydrogens (primary N) is 1. The normalized spacial score (nSPS) is 23.0. The molecule has 21 heavy (non-hydrogen) atoms. The Morgan fingerprint density at radius 1 is 1.24 bits per heavy atom. The fraction of sp³-hybridized carbons (Fsp3) is 0.812. The number of hydrogen-bond donors (Lipinski definition) is 1. The summed E-state index contributed by atoms with van der Waals surface area (Å²) in [6.07, 6.45) is 5.76. The predicted octanol–water partition coefficient (Wildman–Crippen LogP) is 3.32. The number of nitrogens with zero attached hydrogens (tertiary/aromatic N) is 3. The van der Waals surface area contributed by atoms with Crippen LogP contribution in [0, 0.1) is 0 Å². The van der Waals surface area contributed by atoms with Gasteiger partial charge in [0, 0.05) is 25.2 Å². The van der Waals surface area contributed by atoms with Crippen molar-refractivity contribution in [3.8, 4) is 0 Å². The molecule has 1 saturated carbocycles. The number of hydrogen-bond acceptors (Lipinski definition) is 3. The maximum absolute atomic E-state index is 6.04. The van der Waals surface area contributed by atoms with Crippen molar-refractivity contribution in [3.05, 3.63) is 15.9 Å². The summed E-state index contributed by atoms with van der Waals surface area (Å²) in [5.74, 6) is 0. The highest BCUT2D eigenvalue weighted by atomic mass is 79.9. The van der Waals surface area contributed by atoms with Gasteiger partial charge in [-0.15, -0.1) is 0 Å². The van der Waals surface area contributed by atoms with E-state index in [-0.39, 0.29) is 0 Å². The fourth-order valence-electron chi connectivity index (χ4n) is 3.33. The Balaban J connectivity index is 2.13. The molecule has 0 aromatic carbocycles. The van der Waals surface area contributed by atoms with E-state index in [1.807, 2.05) is 0 Å². The van der Waals surface area contributed by atoms with Crippen molar-refractivity contribution >= 4 is 15.9 Å². The molecule has 1 aliphatic rings. The minimum atomic E-state index is 0.416. The third-order valence-corrected chi connectivity index (χ3v) is 5.63. The molecule has 4 nitrogen and oxygen atoms in total. The van der Waals surface area contributed by atoms with Gasteiger partial charge in [-0.05, 0) is 61.5 Å². The van der Waals surface area contributed by atoms with E-state index in [2.05, 4.69) is 46.3 Å². The monoisotopic (exact) mass is 356 g/mol. The molecular weight excluding hydrogens is 328 g/mol. The maximum atomic E-state index is 6.04. The molecule has 0 atom stereocenters. The fourth-order valence-corrected chi connectivity index (χ4v) is 4.02. The molecule has 0 saturated heterocycles. The summed E-state index contributed by atoms with van der Waals surface area (Å²) in [6.45, 7) is 9.59. The summed E-state index contributed by atoms with van der Waals surface area (Å²) in [6, 6.07) is 1.09. The number of aromatic nitrogens is 2. The average Bonchev–Trinajstić information content (AvgIpc) is 2.81. The highest BCUT2D eigenvalue weighted by molar-refractivity contribution is 9.10. The van der Waals surface area contributed by atoms with Crippen molar-refractivity contribution in [2.75, 3.05) is 6.54 Å². The van der Waals surface area contributed by atoms with E-state index < -0.39 is 0 Å². The Hall–Kier alpha value is -0.390. The molecule has 1 aromatic heterocycles. The number of aryl methyl sites for hydroxylation is 2. The summed E-state index contributed by atoms with van der Waals surface area (Å²) in [4.78, 5) is 2.60. The SMILES string of the molecule is CCc1nn(CC)c(CN(CC)C2CCC(N)CC2)c1Br. The molecular formula is C16H29BrN4. The summed E-state index contributed by atoms with van der Waals surface area (Å²) < 4.78 is 3.36. The molecule has 0 bridgehead atoms. The van der Waals surface area contributed by atoms with Gasteiger partial charge in [0.15, 0.2) is 0 Å². The van der Waals surface area contributed by atoms with Gasteiger partial charge in [0.1, 0.15) is 0 Å². The molecule has 0 radical (unpaired) electrons. The molecule has 5 heteroatoms. The van der Waals surface area contributed by atoms with Gasteiger partial charge in [-0.1, -0.05) is 13.8 Å². The second-order valence-electron chi connectivity index (χ2n) is 6.01. The van der Waals surface area contributed by atoms with Crippen molar-refractivity contribution in [1.29, 1.82) is 0 Å². The lowest BCUT2D eigenvalue weighted by molar-refractivity contribution is 0.145. The van der Waals surface area contributed by atoms with E-state index in [9.17, 15) is 0 Å². The lowest BCUT2D eigenvalue weighted by Gasteiger charge is -2.35. The van der Waals surface area contributed by atoms with Gasteiger partial charge >= 0.3 is 0 Å². The molecule has 0 unspecified atom stereocenters. The molecule has 2 N–H and O–H groups in total. The van der Waals surface area contributed by atoms with E-state index in [0.717, 1.165) is 38.9 Å². The molecule has 1 fully saturated rings. The minimum absolute atomic E-state index is 0.416. The van der Waals surface area contributed by atoms with Gasteiger partial charge in [0.05, 0.1) is 15.9 Å². The predicted molar refractivity (Wildman–Crippen MR) is 91.3 cm³/mol. The smallest absolute Gasteiger partial charge is 0.0767 e. The van der Waals surface area contributed by atoms with E-state index >= 15 is 0 Å². The molecule has 1 aliphatic carbocycles. The zero-order valence-corrected chi connectivity index (χ0v) is 15.2. The van der Waals surface area contributed by atoms with Crippen molar-refractivity contribution < 1.29 is 0 Å². The topological polar surface area (TPSA) is 47.1 Å². The number of halogens is 1. The van der Waals surface area contributed by atoms with Gasteiger partial charge in [-0.25, -0.2) is 0 Å². The van der Waals surface area contributed by atoms with E-state index in [1.54, 1.807) is 0 Å². The Kier molecular flexibility index (Phi) is 6.26. The van der Waals surface area contributed by atoms with E-state index in [4.69, 9.17) is 10.8 Å². The van der Waals surface area contributed by atoms with Crippen LogP contribution in [-0.2, 0) is 19.5 Å². The largest absolute Gasteiger partial charge is 0.328 e. The standard InChI is InChI=1S/C16H29BrN4/c1-4-14-16(17)15(21(6-3)19-14)11-20(5-2)13-9-7-12(18)8-10-13/h12-13H,4-11,18H2,1-3H3. The third kappa shape index (κ3) is 3.88. The Labute approximate surface area is 137 Å². The van der Waals surface area contributed by atoms with E-state index in [1.165, 1.54) is 28.7 Å². The zero-order chi connectivity index (χ0) is 15.4. The average molecular weight is 357 g/mol. The molecule has 1 heterocycles. The first kappa shape index (κ1) is 17.0. The Bertz CT molecular complexity index is 449. The lowest BCUT2D eigenvalue weighted by atomic mass is 9.90. The van der Waals surface area contributed by atoms with Crippen LogP contribution in [-0.4, -0.2) is 33.3 Å². The minimum Gasteiger partial charge on any atom is -0.328 e. The van der Waals surface area contributed by atoms with Crippen molar-refractivity contribution in [2.45, 2.75) is 78.0 Å². The Morgan fingerprint density at radius 2 is 1.90 bits per heavy atom. The van der Waals surface area contributed by atoms with Gasteiger partial charge in [0.2, 0.25) is 0 Å². The first-order valence-electron chi connectivity index (χ1n) is 8.34. The first-order chi connectivity index (χ1) is 10.1. The van der Waals surface area contributed by atoms with Gasteiger partial charge in [-0.3, -0.25) is 9.58 Å². The number of rotatable bonds is 6. The molecule has 0 aliphatic heterocycles. The first-order valence-corrected chi connectivity index (χ1v) is 9.13. The van der Waals surface area contributed by atoms with Gasteiger partial charge in [0.25, 0.3) is 0 Å². The summed E-state index contributed by atoms with van der Waals surface area (Å²) in [7, 11) is 0. The summed E-state index contributed by atoms with van der Waals surface area (Å²) >= 11 is 3.76. The van der Waals surface area contributed by atoms with Crippen molar-refractivity contribution in [1.82, 2.24) is 14.7 Å². The van der Waals surface area contributed by atoms with Crippen molar-refractivity contribution in [3.63, 3.8) is 0 Å². The molecule has 0 spiro atoms. The van der Waals surface area contributed by atoms with Crippen LogP contribution < -0.4 is 5.73 Å². The lowest BCUT2D eigenvalue weighted by Crippen LogP contribution is -2.40. The summed E-state index contributed by atoms with van der Waals surface area (Å²) in [5, 5.41) is 4.71. The van der Waals surface area contributed by atoms with E-state index in [0.29, 0.717) is 12.1 Å². The third-order valence-electron chi connectivity index (χ3n) is 4.71. The summed E-state index contributed by atoms with van der Waals surface area (Å²) in [5.41, 5.74) is 8.54. The van der Waals surface area contributed by atoms with Crippen LogP contribution in [0.15, 0.2) is 4.47 Å². The molecule has 0 amide bonds. The van der Waals surface area contributed by atoms with Crippen molar-refractivity contribution in [2.24, 2.45) is 5.73 Å². The van der Waals surface area contributed by atoms with Crippen LogP contribution in [0.25, 0.3) is 0 Å². The van der Waals surface area contributed by atoms with Crippen LogP contribution in [0.3, 0.4) is 0 Å². The highest BCUT2D eigenvalue weighted by Crippen LogP contribution is 2.27. The second-order valence-corrected chi connectivity index (χ2v) is 6.80. The Morgan fingerprint density at radius 3 is 2.43 bits per heavy atom. The second kappa shape index (κ2) is 7.75. The van der Waals surface area contributed by atoms with Crippen LogP contribution in [0.2, 0.25) is 0 Å². The van der Waals surface area contributed by atoms with Crippen LogP contribution in [0.5, 0.6) is 0 Å². The van der Waals surface area contributed by atoms with Crippen LogP contribution in [0.1, 0.15) is 57.8 Å².